The molecule has 0 spiro atoms. The van der Waals surface area contributed by atoms with Gasteiger partial charge >= 0.3 is 0 Å². The van der Waals surface area contributed by atoms with Crippen LogP contribution in [0.15, 0.2) is 17.2 Å². The molecule has 0 bridgehead atoms. The molecular weight excluding hydrogens is 202 g/mol. The smallest absolute Gasteiger partial charge is 0.252 e. The van der Waals surface area contributed by atoms with E-state index in [1.807, 2.05) is 0 Å². The van der Waals surface area contributed by atoms with Crippen molar-refractivity contribution in [1.82, 2.24) is 9.97 Å². The molecule has 0 aliphatic heterocycles. The second-order valence-corrected chi connectivity index (χ2v) is 4.70. The zero-order valence-electron chi connectivity index (χ0n) is 9.70. The van der Waals surface area contributed by atoms with Crippen LogP contribution < -0.4 is 10.9 Å². The molecule has 0 radical (unpaired) electrons. The largest absolute Gasteiger partial charge is 0.370 e. The molecule has 2 rings (SSSR count). The molecule has 2 N–H and O–H groups in total. The lowest BCUT2D eigenvalue weighted by Crippen LogP contribution is -2.25. The first-order chi connectivity index (χ1) is 7.75. The van der Waals surface area contributed by atoms with Crippen LogP contribution in [0.3, 0.4) is 0 Å². The molecule has 1 saturated carbocycles. The van der Waals surface area contributed by atoms with Crippen molar-refractivity contribution in [2.24, 2.45) is 11.8 Å². The SMILES string of the molecule is CC1CCCCC1CNc1cc(=O)[nH]cn1. The van der Waals surface area contributed by atoms with Crippen molar-refractivity contribution in [1.29, 1.82) is 0 Å². The maximum absolute atomic E-state index is 11.1. The molecule has 1 aromatic rings. The van der Waals surface area contributed by atoms with Crippen LogP contribution in [0.5, 0.6) is 0 Å². The number of hydrogen-bond donors (Lipinski definition) is 2. The Bertz CT molecular complexity index is 388. The van der Waals surface area contributed by atoms with E-state index in [0.29, 0.717) is 5.82 Å². The molecule has 1 fully saturated rings. The van der Waals surface area contributed by atoms with Gasteiger partial charge in [-0.3, -0.25) is 4.79 Å². The van der Waals surface area contributed by atoms with E-state index in [-0.39, 0.29) is 5.56 Å². The molecule has 88 valence electrons. The van der Waals surface area contributed by atoms with Crippen LogP contribution in [-0.2, 0) is 0 Å². The van der Waals surface area contributed by atoms with Crippen LogP contribution in [0, 0.1) is 11.8 Å². The minimum Gasteiger partial charge on any atom is -0.370 e. The Morgan fingerprint density at radius 2 is 2.31 bits per heavy atom. The lowest BCUT2D eigenvalue weighted by Gasteiger charge is -2.28. The zero-order valence-corrected chi connectivity index (χ0v) is 9.70. The molecule has 1 aromatic heterocycles. The average Bonchev–Trinajstić information content (AvgIpc) is 2.28. The number of H-pyrrole nitrogens is 1. The van der Waals surface area contributed by atoms with Crippen LogP contribution in [0.2, 0.25) is 0 Å². The monoisotopic (exact) mass is 221 g/mol. The standard InChI is InChI=1S/C12H19N3O/c1-9-4-2-3-5-10(9)7-13-11-6-12(16)15-8-14-11/h6,8-10H,2-5,7H2,1H3,(H2,13,14,15,16). The van der Waals surface area contributed by atoms with E-state index < -0.39 is 0 Å². The van der Waals surface area contributed by atoms with Gasteiger partial charge in [-0.15, -0.1) is 0 Å². The predicted octanol–water partition coefficient (Wildman–Crippen LogP) is 2.01. The third kappa shape index (κ3) is 2.84. The molecule has 0 aromatic carbocycles. The normalized spacial score (nSPS) is 25.3. The molecule has 4 nitrogen and oxygen atoms in total. The summed E-state index contributed by atoms with van der Waals surface area (Å²) in [6, 6.07) is 1.51. The fraction of sp³-hybridized carbons (Fsp3) is 0.667. The maximum atomic E-state index is 11.1. The zero-order chi connectivity index (χ0) is 11.4. The highest BCUT2D eigenvalue weighted by molar-refractivity contribution is 5.31. The highest BCUT2D eigenvalue weighted by Crippen LogP contribution is 2.29. The molecule has 2 unspecified atom stereocenters. The molecule has 1 heterocycles. The number of hydrogen-bond acceptors (Lipinski definition) is 3. The van der Waals surface area contributed by atoms with Crippen molar-refractivity contribution in [3.63, 3.8) is 0 Å². The summed E-state index contributed by atoms with van der Waals surface area (Å²) in [6.45, 7) is 3.24. The van der Waals surface area contributed by atoms with Gasteiger partial charge in [-0.1, -0.05) is 26.2 Å². The van der Waals surface area contributed by atoms with Gasteiger partial charge in [0.1, 0.15) is 5.82 Å². The summed E-state index contributed by atoms with van der Waals surface area (Å²) >= 11 is 0. The number of aromatic amines is 1. The van der Waals surface area contributed by atoms with E-state index in [2.05, 4.69) is 22.2 Å². The van der Waals surface area contributed by atoms with Crippen molar-refractivity contribution in [3.05, 3.63) is 22.7 Å². The van der Waals surface area contributed by atoms with E-state index in [9.17, 15) is 4.79 Å². The van der Waals surface area contributed by atoms with E-state index >= 15 is 0 Å². The summed E-state index contributed by atoms with van der Waals surface area (Å²) in [5.41, 5.74) is -0.103. The van der Waals surface area contributed by atoms with Gasteiger partial charge in [-0.2, -0.15) is 0 Å². The second-order valence-electron chi connectivity index (χ2n) is 4.70. The summed E-state index contributed by atoms with van der Waals surface area (Å²) < 4.78 is 0. The molecule has 0 amide bonds. The van der Waals surface area contributed by atoms with Crippen molar-refractivity contribution < 1.29 is 0 Å². The first-order valence-electron chi connectivity index (χ1n) is 6.04. The Morgan fingerprint density at radius 1 is 1.50 bits per heavy atom. The van der Waals surface area contributed by atoms with Crippen molar-refractivity contribution in [2.75, 3.05) is 11.9 Å². The number of anilines is 1. The van der Waals surface area contributed by atoms with Gasteiger partial charge < -0.3 is 10.3 Å². The fourth-order valence-electron chi connectivity index (χ4n) is 2.40. The third-order valence-corrected chi connectivity index (χ3v) is 3.51. The fourth-order valence-corrected chi connectivity index (χ4v) is 2.40. The van der Waals surface area contributed by atoms with E-state index in [1.165, 1.54) is 38.1 Å². The average molecular weight is 221 g/mol. The third-order valence-electron chi connectivity index (χ3n) is 3.51. The number of nitrogens with zero attached hydrogens (tertiary/aromatic N) is 1. The summed E-state index contributed by atoms with van der Waals surface area (Å²) in [4.78, 5) is 17.7. The quantitative estimate of drug-likeness (QED) is 0.820. The van der Waals surface area contributed by atoms with E-state index in [0.717, 1.165) is 18.4 Å². The molecular formula is C12H19N3O. The highest BCUT2D eigenvalue weighted by Gasteiger charge is 2.20. The van der Waals surface area contributed by atoms with Crippen LogP contribution in [-0.4, -0.2) is 16.5 Å². The van der Waals surface area contributed by atoms with Crippen LogP contribution >= 0.6 is 0 Å². The Hall–Kier alpha value is -1.32. The van der Waals surface area contributed by atoms with Gasteiger partial charge in [-0.05, 0) is 18.3 Å². The van der Waals surface area contributed by atoms with Crippen LogP contribution in [0.25, 0.3) is 0 Å². The van der Waals surface area contributed by atoms with Gasteiger partial charge in [0.2, 0.25) is 0 Å². The molecule has 0 saturated heterocycles. The van der Waals surface area contributed by atoms with Gasteiger partial charge in [0.05, 0.1) is 6.33 Å². The van der Waals surface area contributed by atoms with Gasteiger partial charge in [-0.25, -0.2) is 4.98 Å². The topological polar surface area (TPSA) is 57.8 Å². The summed E-state index contributed by atoms with van der Waals surface area (Å²) in [7, 11) is 0. The van der Waals surface area contributed by atoms with E-state index in [1.54, 1.807) is 0 Å². The lowest BCUT2D eigenvalue weighted by molar-refractivity contribution is 0.268. The second kappa shape index (κ2) is 5.14. The Morgan fingerprint density at radius 3 is 3.06 bits per heavy atom. The Kier molecular flexibility index (Phi) is 3.59. The molecule has 2 atom stereocenters. The summed E-state index contributed by atoms with van der Waals surface area (Å²) in [5.74, 6) is 2.18. The van der Waals surface area contributed by atoms with Gasteiger partial charge in [0.25, 0.3) is 5.56 Å². The Balaban J connectivity index is 1.89. The first kappa shape index (κ1) is 11.2. The van der Waals surface area contributed by atoms with Crippen LogP contribution in [0.4, 0.5) is 5.82 Å². The predicted molar refractivity (Wildman–Crippen MR) is 64.5 cm³/mol. The summed E-state index contributed by atoms with van der Waals surface area (Å²) in [6.07, 6.45) is 6.75. The minimum absolute atomic E-state index is 0.103. The molecule has 1 aliphatic rings. The number of aromatic nitrogens is 2. The van der Waals surface area contributed by atoms with Crippen molar-refractivity contribution >= 4 is 5.82 Å². The van der Waals surface area contributed by atoms with Crippen LogP contribution in [0.1, 0.15) is 32.6 Å². The molecule has 16 heavy (non-hydrogen) atoms. The maximum Gasteiger partial charge on any atom is 0.252 e. The number of nitrogens with one attached hydrogen (secondary N) is 2. The molecule has 4 heteroatoms. The minimum atomic E-state index is -0.103. The molecule has 1 aliphatic carbocycles. The van der Waals surface area contributed by atoms with Gasteiger partial charge in [0, 0.05) is 12.6 Å². The van der Waals surface area contributed by atoms with Crippen molar-refractivity contribution in [3.8, 4) is 0 Å². The highest BCUT2D eigenvalue weighted by atomic mass is 16.1. The first-order valence-corrected chi connectivity index (χ1v) is 6.04. The summed E-state index contributed by atoms with van der Waals surface area (Å²) in [5, 5.41) is 3.25. The Labute approximate surface area is 95.5 Å². The van der Waals surface area contributed by atoms with E-state index in [4.69, 9.17) is 0 Å². The number of rotatable bonds is 3. The lowest BCUT2D eigenvalue weighted by atomic mass is 9.80. The van der Waals surface area contributed by atoms with Crippen molar-refractivity contribution in [2.45, 2.75) is 32.6 Å². The van der Waals surface area contributed by atoms with Gasteiger partial charge in [0.15, 0.2) is 0 Å².